The molecule has 3 heteroatoms. The van der Waals surface area contributed by atoms with Crippen LogP contribution in [0.1, 0.15) is 25.7 Å². The number of fused-ring (bicyclic) bond motifs is 5. The van der Waals surface area contributed by atoms with E-state index >= 15 is 0 Å². The van der Waals surface area contributed by atoms with E-state index < -0.39 is 0 Å². The molecule has 3 nitrogen and oxygen atoms in total. The molecule has 1 saturated heterocycles. The smallest absolute Gasteiger partial charge is 0.226 e. The van der Waals surface area contributed by atoms with Crippen LogP contribution in [0.4, 0.5) is 0 Å². The Morgan fingerprint density at radius 3 is 2.47 bits per heavy atom. The number of carbonyl (C=O) groups excluding carboxylic acids is 1. The number of rotatable bonds is 2. The van der Waals surface area contributed by atoms with Crippen LogP contribution in [0.3, 0.4) is 0 Å². The highest BCUT2D eigenvalue weighted by atomic mass is 16.2. The predicted molar refractivity (Wildman–Crippen MR) is 65.0 cm³/mol. The van der Waals surface area contributed by atoms with Crippen LogP contribution >= 0.6 is 0 Å². The third kappa shape index (κ3) is 1.35. The first-order valence-corrected chi connectivity index (χ1v) is 7.28. The molecule has 5 unspecified atom stereocenters. The minimum Gasteiger partial charge on any atom is -0.342 e. The molecule has 0 spiro atoms. The van der Waals surface area contributed by atoms with Crippen LogP contribution in [0.5, 0.6) is 0 Å². The lowest BCUT2D eigenvalue weighted by atomic mass is 10.0. The molecule has 4 rings (SSSR count). The van der Waals surface area contributed by atoms with E-state index in [0.29, 0.717) is 17.7 Å². The molecule has 2 N–H and O–H groups in total. The first-order valence-electron chi connectivity index (χ1n) is 7.28. The van der Waals surface area contributed by atoms with Gasteiger partial charge in [-0.3, -0.25) is 4.79 Å². The van der Waals surface area contributed by atoms with Crippen molar-refractivity contribution in [2.24, 2.45) is 41.2 Å². The van der Waals surface area contributed by atoms with Gasteiger partial charge >= 0.3 is 0 Å². The van der Waals surface area contributed by atoms with Gasteiger partial charge in [0.2, 0.25) is 5.91 Å². The monoisotopic (exact) mass is 234 g/mol. The van der Waals surface area contributed by atoms with Crippen molar-refractivity contribution < 1.29 is 4.79 Å². The number of hydrogen-bond donors (Lipinski definition) is 1. The lowest BCUT2D eigenvalue weighted by molar-refractivity contribution is -0.132. The molecule has 94 valence electrons. The van der Waals surface area contributed by atoms with Crippen LogP contribution in [0, 0.1) is 35.5 Å². The van der Waals surface area contributed by atoms with Crippen LogP contribution in [-0.2, 0) is 4.79 Å². The largest absolute Gasteiger partial charge is 0.342 e. The Kier molecular flexibility index (Phi) is 2.11. The van der Waals surface area contributed by atoms with Crippen molar-refractivity contribution in [1.29, 1.82) is 0 Å². The maximum Gasteiger partial charge on any atom is 0.226 e. The molecule has 3 saturated carbocycles. The van der Waals surface area contributed by atoms with Gasteiger partial charge in [-0.15, -0.1) is 0 Å². The summed E-state index contributed by atoms with van der Waals surface area (Å²) in [6.45, 7) is 2.64. The zero-order chi connectivity index (χ0) is 11.6. The van der Waals surface area contributed by atoms with E-state index in [9.17, 15) is 4.79 Å². The Labute approximate surface area is 103 Å². The molecule has 4 fully saturated rings. The highest BCUT2D eigenvalue weighted by Crippen LogP contribution is 2.69. The molecule has 4 aliphatic rings. The summed E-state index contributed by atoms with van der Waals surface area (Å²) in [4.78, 5) is 14.6. The van der Waals surface area contributed by atoms with Gasteiger partial charge in [-0.05, 0) is 61.8 Å². The van der Waals surface area contributed by atoms with Crippen molar-refractivity contribution in [3.63, 3.8) is 0 Å². The van der Waals surface area contributed by atoms with Gasteiger partial charge in [-0.25, -0.2) is 0 Å². The molecule has 5 atom stereocenters. The van der Waals surface area contributed by atoms with Crippen LogP contribution in [0.15, 0.2) is 0 Å². The van der Waals surface area contributed by atoms with E-state index in [-0.39, 0.29) is 0 Å². The Morgan fingerprint density at radius 2 is 1.88 bits per heavy atom. The van der Waals surface area contributed by atoms with Gasteiger partial charge in [0, 0.05) is 19.0 Å². The Hall–Kier alpha value is -0.570. The van der Waals surface area contributed by atoms with Crippen LogP contribution in [-0.4, -0.2) is 30.4 Å². The van der Waals surface area contributed by atoms with Crippen molar-refractivity contribution in [2.45, 2.75) is 25.7 Å². The first kappa shape index (κ1) is 10.4. The van der Waals surface area contributed by atoms with Crippen LogP contribution in [0.25, 0.3) is 0 Å². The lowest BCUT2D eigenvalue weighted by Crippen LogP contribution is -2.32. The molecule has 0 aromatic carbocycles. The second kappa shape index (κ2) is 3.47. The summed E-state index contributed by atoms with van der Waals surface area (Å²) in [7, 11) is 0. The number of carbonyl (C=O) groups is 1. The average molecular weight is 234 g/mol. The molecule has 0 radical (unpaired) electrons. The molecule has 1 aliphatic heterocycles. The minimum absolute atomic E-state index is 0.428. The zero-order valence-corrected chi connectivity index (χ0v) is 10.3. The van der Waals surface area contributed by atoms with Gasteiger partial charge < -0.3 is 10.6 Å². The van der Waals surface area contributed by atoms with Crippen molar-refractivity contribution in [1.82, 2.24) is 4.90 Å². The standard InChI is InChI=1S/C14H22N2O/c15-6-8-3-4-16(7-8)14(17)13-11-9-1-2-10(5-9)12(11)13/h8-13H,1-7,15H2. The van der Waals surface area contributed by atoms with Gasteiger partial charge in [-0.2, -0.15) is 0 Å². The Bertz CT molecular complexity index is 340. The minimum atomic E-state index is 0.428. The lowest BCUT2D eigenvalue weighted by Gasteiger charge is -2.18. The fourth-order valence-electron chi connectivity index (χ4n) is 5.09. The van der Waals surface area contributed by atoms with E-state index in [1.165, 1.54) is 19.3 Å². The number of amides is 1. The SMILES string of the molecule is NCC1CCN(C(=O)C2C3C4CCC(C4)C23)C1. The Balaban J connectivity index is 1.43. The highest BCUT2D eigenvalue weighted by Gasteiger charge is 2.68. The summed E-state index contributed by atoms with van der Waals surface area (Å²) in [5.74, 6) is 4.87. The first-order chi connectivity index (χ1) is 8.29. The van der Waals surface area contributed by atoms with Gasteiger partial charge in [-0.1, -0.05) is 0 Å². The number of nitrogens with two attached hydrogens (primary N) is 1. The summed E-state index contributed by atoms with van der Waals surface area (Å²) >= 11 is 0. The van der Waals surface area contributed by atoms with Crippen LogP contribution < -0.4 is 5.73 Å². The van der Waals surface area contributed by atoms with Crippen molar-refractivity contribution in [2.75, 3.05) is 19.6 Å². The molecule has 1 amide bonds. The van der Waals surface area contributed by atoms with Crippen molar-refractivity contribution in [3.8, 4) is 0 Å². The molecule has 0 aromatic heterocycles. The van der Waals surface area contributed by atoms with E-state index in [1.807, 2.05) is 0 Å². The summed E-state index contributed by atoms with van der Waals surface area (Å²) in [5, 5.41) is 0. The molecular formula is C14H22N2O. The highest BCUT2D eigenvalue weighted by molar-refractivity contribution is 5.83. The summed E-state index contributed by atoms with van der Waals surface area (Å²) < 4.78 is 0. The molecule has 2 bridgehead atoms. The second-order valence-electron chi connectivity index (χ2n) is 6.69. The molecule has 17 heavy (non-hydrogen) atoms. The van der Waals surface area contributed by atoms with E-state index in [1.54, 1.807) is 0 Å². The number of likely N-dealkylation sites (tertiary alicyclic amines) is 1. The van der Waals surface area contributed by atoms with E-state index in [4.69, 9.17) is 5.73 Å². The third-order valence-corrected chi connectivity index (χ3v) is 5.95. The Morgan fingerprint density at radius 1 is 1.18 bits per heavy atom. The number of nitrogens with zero attached hydrogens (tertiary/aromatic N) is 1. The van der Waals surface area contributed by atoms with Gasteiger partial charge in [0.05, 0.1) is 0 Å². The predicted octanol–water partition coefficient (Wildman–Crippen LogP) is 1.09. The fraction of sp³-hybridized carbons (Fsp3) is 0.929. The normalized spacial score (nSPS) is 50.8. The van der Waals surface area contributed by atoms with E-state index in [0.717, 1.165) is 49.7 Å². The summed E-state index contributed by atoms with van der Waals surface area (Å²) in [6.07, 6.45) is 5.36. The molecule has 1 heterocycles. The van der Waals surface area contributed by atoms with Gasteiger partial charge in [0.25, 0.3) is 0 Å². The third-order valence-electron chi connectivity index (χ3n) is 5.95. The topological polar surface area (TPSA) is 46.3 Å². The number of hydrogen-bond acceptors (Lipinski definition) is 2. The second-order valence-corrected chi connectivity index (χ2v) is 6.69. The molecule has 0 aromatic rings. The summed E-state index contributed by atoms with van der Waals surface area (Å²) in [6, 6.07) is 0. The van der Waals surface area contributed by atoms with E-state index in [2.05, 4.69) is 4.90 Å². The molecule has 3 aliphatic carbocycles. The van der Waals surface area contributed by atoms with Crippen molar-refractivity contribution in [3.05, 3.63) is 0 Å². The van der Waals surface area contributed by atoms with Gasteiger partial charge in [0.1, 0.15) is 0 Å². The maximum atomic E-state index is 12.5. The fourth-order valence-corrected chi connectivity index (χ4v) is 5.09. The average Bonchev–Trinajstić information content (AvgIpc) is 2.79. The zero-order valence-electron chi connectivity index (χ0n) is 10.3. The molecular weight excluding hydrogens is 212 g/mol. The summed E-state index contributed by atoms with van der Waals surface area (Å²) in [5.41, 5.74) is 5.70. The van der Waals surface area contributed by atoms with Crippen molar-refractivity contribution >= 4 is 5.91 Å². The van der Waals surface area contributed by atoms with Gasteiger partial charge in [0.15, 0.2) is 0 Å². The quantitative estimate of drug-likeness (QED) is 0.777. The van der Waals surface area contributed by atoms with Crippen LogP contribution in [0.2, 0.25) is 0 Å². The maximum absolute atomic E-state index is 12.5.